The molecule has 0 aliphatic rings. The van der Waals surface area contributed by atoms with Gasteiger partial charge in [-0.05, 0) is 13.0 Å². The van der Waals surface area contributed by atoms with E-state index < -0.39 is 0 Å². The Morgan fingerprint density at radius 1 is 1.45 bits per heavy atom. The van der Waals surface area contributed by atoms with Crippen molar-refractivity contribution in [2.75, 3.05) is 13.1 Å². The van der Waals surface area contributed by atoms with Gasteiger partial charge in [-0.1, -0.05) is 37.3 Å². The molecule has 3 nitrogen and oxygen atoms in total. The van der Waals surface area contributed by atoms with Crippen LogP contribution < -0.4 is 5.73 Å². The monoisotopic (exact) mass is 306 g/mol. The second kappa shape index (κ2) is 6.33. The highest BCUT2D eigenvalue weighted by molar-refractivity contribution is 7.80. The summed E-state index contributed by atoms with van der Waals surface area (Å²) in [4.78, 5) is 14.9. The molecule has 1 unspecified atom stereocenters. The average molecular weight is 306 g/mol. The standard InChI is InChI=1S/C15H18N2OS2/c1-3-17(8-10(2)14(16)19)15(18)12-9-20-13-7-5-4-6-11(12)13/h4-7,9-10H,3,8H2,1-2H3,(H2,16,19). The maximum atomic E-state index is 12.7. The zero-order valence-electron chi connectivity index (χ0n) is 11.6. The predicted molar refractivity (Wildman–Crippen MR) is 89.4 cm³/mol. The fourth-order valence-corrected chi connectivity index (χ4v) is 3.10. The Morgan fingerprint density at radius 2 is 2.15 bits per heavy atom. The Balaban J connectivity index is 2.26. The quantitative estimate of drug-likeness (QED) is 0.862. The minimum atomic E-state index is 0.0267. The van der Waals surface area contributed by atoms with Crippen LogP contribution in [0.5, 0.6) is 0 Å². The molecule has 0 saturated heterocycles. The van der Waals surface area contributed by atoms with Crippen LogP contribution in [0.2, 0.25) is 0 Å². The summed E-state index contributed by atoms with van der Waals surface area (Å²) in [5.74, 6) is 0.0758. The lowest BCUT2D eigenvalue weighted by Gasteiger charge is -2.24. The van der Waals surface area contributed by atoms with Crippen molar-refractivity contribution in [1.29, 1.82) is 0 Å². The topological polar surface area (TPSA) is 46.3 Å². The van der Waals surface area contributed by atoms with Gasteiger partial charge in [0.15, 0.2) is 0 Å². The van der Waals surface area contributed by atoms with Crippen molar-refractivity contribution in [3.63, 3.8) is 0 Å². The molecule has 0 saturated carbocycles. The summed E-state index contributed by atoms with van der Waals surface area (Å²) in [6.45, 7) is 5.13. The van der Waals surface area contributed by atoms with Gasteiger partial charge in [0.25, 0.3) is 5.91 Å². The minimum absolute atomic E-state index is 0.0267. The predicted octanol–water partition coefficient (Wildman–Crippen LogP) is 3.29. The molecular weight excluding hydrogens is 288 g/mol. The number of rotatable bonds is 5. The van der Waals surface area contributed by atoms with E-state index in [1.54, 1.807) is 16.2 Å². The van der Waals surface area contributed by atoms with Crippen LogP contribution in [-0.2, 0) is 0 Å². The zero-order chi connectivity index (χ0) is 14.7. The van der Waals surface area contributed by atoms with Crippen molar-refractivity contribution >= 4 is 44.5 Å². The number of carbonyl (C=O) groups excluding carboxylic acids is 1. The molecule has 0 aliphatic carbocycles. The molecule has 0 fully saturated rings. The number of nitrogens with zero attached hydrogens (tertiary/aromatic N) is 1. The summed E-state index contributed by atoms with van der Waals surface area (Å²) < 4.78 is 1.13. The van der Waals surface area contributed by atoms with Crippen molar-refractivity contribution < 1.29 is 4.79 Å². The Bertz CT molecular complexity index is 636. The first-order valence-electron chi connectivity index (χ1n) is 6.59. The van der Waals surface area contributed by atoms with Crippen molar-refractivity contribution in [2.24, 2.45) is 11.7 Å². The molecule has 1 aromatic carbocycles. The number of nitrogens with two attached hydrogens (primary N) is 1. The van der Waals surface area contributed by atoms with Gasteiger partial charge in [-0.2, -0.15) is 0 Å². The Kier molecular flexibility index (Phi) is 4.73. The molecule has 20 heavy (non-hydrogen) atoms. The van der Waals surface area contributed by atoms with Crippen LogP contribution in [0.25, 0.3) is 10.1 Å². The SMILES string of the molecule is CCN(CC(C)C(N)=S)C(=O)c1csc2ccccc12. The van der Waals surface area contributed by atoms with Crippen LogP contribution in [0.15, 0.2) is 29.6 Å². The molecule has 1 aromatic heterocycles. The summed E-state index contributed by atoms with van der Waals surface area (Å²) in [5.41, 5.74) is 6.41. The summed E-state index contributed by atoms with van der Waals surface area (Å²) in [6, 6.07) is 7.97. The smallest absolute Gasteiger partial charge is 0.255 e. The fraction of sp³-hybridized carbons (Fsp3) is 0.333. The molecule has 2 rings (SSSR count). The highest BCUT2D eigenvalue weighted by Crippen LogP contribution is 2.26. The first-order chi connectivity index (χ1) is 9.54. The van der Waals surface area contributed by atoms with Crippen LogP contribution in [0.3, 0.4) is 0 Å². The third kappa shape index (κ3) is 2.99. The van der Waals surface area contributed by atoms with Gasteiger partial charge in [0.2, 0.25) is 0 Å². The molecule has 1 amide bonds. The largest absolute Gasteiger partial charge is 0.393 e. The van der Waals surface area contributed by atoms with E-state index in [2.05, 4.69) is 0 Å². The van der Waals surface area contributed by atoms with Gasteiger partial charge in [-0.25, -0.2) is 0 Å². The lowest BCUT2D eigenvalue weighted by molar-refractivity contribution is 0.0757. The number of hydrogen-bond acceptors (Lipinski definition) is 3. The lowest BCUT2D eigenvalue weighted by Crippen LogP contribution is -2.38. The first kappa shape index (κ1) is 14.9. The van der Waals surface area contributed by atoms with E-state index in [-0.39, 0.29) is 11.8 Å². The third-order valence-corrected chi connectivity index (χ3v) is 4.73. The van der Waals surface area contributed by atoms with E-state index in [9.17, 15) is 4.79 Å². The molecule has 1 atom stereocenters. The number of thiocarbonyl (C=S) groups is 1. The van der Waals surface area contributed by atoms with E-state index in [4.69, 9.17) is 18.0 Å². The van der Waals surface area contributed by atoms with Crippen molar-refractivity contribution in [1.82, 2.24) is 4.90 Å². The highest BCUT2D eigenvalue weighted by Gasteiger charge is 2.20. The van der Waals surface area contributed by atoms with Crippen LogP contribution in [0, 0.1) is 5.92 Å². The molecule has 0 radical (unpaired) electrons. The minimum Gasteiger partial charge on any atom is -0.393 e. The molecule has 0 aliphatic heterocycles. The molecule has 5 heteroatoms. The number of benzene rings is 1. The first-order valence-corrected chi connectivity index (χ1v) is 7.88. The second-order valence-electron chi connectivity index (χ2n) is 4.79. The molecule has 0 spiro atoms. The lowest BCUT2D eigenvalue weighted by atomic mass is 10.1. The van der Waals surface area contributed by atoms with Crippen LogP contribution in [0.1, 0.15) is 24.2 Å². The van der Waals surface area contributed by atoms with E-state index in [1.165, 1.54) is 0 Å². The Hall–Kier alpha value is -1.46. The van der Waals surface area contributed by atoms with Crippen molar-refractivity contribution in [2.45, 2.75) is 13.8 Å². The molecule has 106 valence electrons. The van der Waals surface area contributed by atoms with Crippen molar-refractivity contribution in [3.8, 4) is 0 Å². The molecule has 0 bridgehead atoms. The van der Waals surface area contributed by atoms with Gasteiger partial charge >= 0.3 is 0 Å². The second-order valence-corrected chi connectivity index (χ2v) is 6.18. The van der Waals surface area contributed by atoms with E-state index in [0.29, 0.717) is 18.1 Å². The maximum absolute atomic E-state index is 12.7. The van der Waals surface area contributed by atoms with Gasteiger partial charge in [0, 0.05) is 34.5 Å². The van der Waals surface area contributed by atoms with Crippen LogP contribution >= 0.6 is 23.6 Å². The zero-order valence-corrected chi connectivity index (χ0v) is 13.3. The number of thiophene rings is 1. The molecule has 2 N–H and O–H groups in total. The number of fused-ring (bicyclic) bond motifs is 1. The van der Waals surface area contributed by atoms with E-state index in [1.807, 2.05) is 43.5 Å². The van der Waals surface area contributed by atoms with Gasteiger partial charge in [0.05, 0.1) is 10.6 Å². The summed E-state index contributed by atoms with van der Waals surface area (Å²) in [6.07, 6.45) is 0. The van der Waals surface area contributed by atoms with Crippen molar-refractivity contribution in [3.05, 3.63) is 35.2 Å². The fourth-order valence-electron chi connectivity index (χ4n) is 2.09. The average Bonchev–Trinajstić information content (AvgIpc) is 2.87. The summed E-state index contributed by atoms with van der Waals surface area (Å²) in [7, 11) is 0. The Labute approximate surface area is 128 Å². The summed E-state index contributed by atoms with van der Waals surface area (Å²) in [5, 5.41) is 2.95. The van der Waals surface area contributed by atoms with Gasteiger partial charge in [-0.3, -0.25) is 4.79 Å². The number of hydrogen-bond donors (Lipinski definition) is 1. The third-order valence-electron chi connectivity index (χ3n) is 3.36. The normalized spacial score (nSPS) is 12.3. The van der Waals surface area contributed by atoms with Gasteiger partial charge in [0.1, 0.15) is 0 Å². The number of carbonyl (C=O) groups is 1. The molecule has 1 heterocycles. The number of amides is 1. The van der Waals surface area contributed by atoms with Crippen LogP contribution in [-0.4, -0.2) is 28.9 Å². The maximum Gasteiger partial charge on any atom is 0.255 e. The van der Waals surface area contributed by atoms with E-state index >= 15 is 0 Å². The molecule has 2 aromatic rings. The summed E-state index contributed by atoms with van der Waals surface area (Å²) >= 11 is 6.59. The molecular formula is C15H18N2OS2. The van der Waals surface area contributed by atoms with Gasteiger partial charge < -0.3 is 10.6 Å². The Morgan fingerprint density at radius 3 is 2.80 bits per heavy atom. The van der Waals surface area contributed by atoms with Crippen LogP contribution in [0.4, 0.5) is 0 Å². The van der Waals surface area contributed by atoms with E-state index in [0.717, 1.165) is 15.6 Å². The highest BCUT2D eigenvalue weighted by atomic mass is 32.1. The van der Waals surface area contributed by atoms with Gasteiger partial charge in [-0.15, -0.1) is 11.3 Å².